The third-order valence-corrected chi connectivity index (χ3v) is 6.62. The predicted octanol–water partition coefficient (Wildman–Crippen LogP) is 2.74. The molecule has 186 valence electrons. The number of nitrogens with zero attached hydrogens (tertiary/aromatic N) is 5. The van der Waals surface area contributed by atoms with Gasteiger partial charge in [-0.1, -0.05) is 29.4 Å². The number of piperazine rings is 1. The van der Waals surface area contributed by atoms with Crippen LogP contribution >= 0.6 is 0 Å². The second-order valence-electron chi connectivity index (χ2n) is 9.46. The molecule has 0 bridgehead atoms. The molecule has 4 atom stereocenters. The van der Waals surface area contributed by atoms with Gasteiger partial charge >= 0.3 is 5.97 Å². The van der Waals surface area contributed by atoms with Gasteiger partial charge in [0.05, 0.1) is 24.5 Å². The minimum atomic E-state index is -0.776. The molecule has 9 heteroatoms. The fourth-order valence-electron chi connectivity index (χ4n) is 4.78. The summed E-state index contributed by atoms with van der Waals surface area (Å²) in [5, 5.41) is 17.9. The van der Waals surface area contributed by atoms with Gasteiger partial charge in [-0.15, -0.1) is 0 Å². The lowest BCUT2D eigenvalue weighted by molar-refractivity contribution is -0.140. The number of hydrazone groups is 1. The third kappa shape index (κ3) is 6.64. The Bertz CT molecular complexity index is 1030. The Morgan fingerprint density at radius 1 is 1.20 bits per heavy atom. The molecule has 0 saturated carbocycles. The first-order valence-corrected chi connectivity index (χ1v) is 12.1. The highest BCUT2D eigenvalue weighted by Crippen LogP contribution is 2.21. The van der Waals surface area contributed by atoms with E-state index in [4.69, 9.17) is 9.94 Å². The van der Waals surface area contributed by atoms with Gasteiger partial charge in [-0.25, -0.2) is 0 Å². The van der Waals surface area contributed by atoms with Gasteiger partial charge in [-0.05, 0) is 49.6 Å². The Morgan fingerprint density at radius 2 is 1.89 bits per heavy atom. The van der Waals surface area contributed by atoms with Gasteiger partial charge in [0.25, 0.3) is 0 Å². The number of aromatic nitrogens is 1. The monoisotopic (exact) mass is 478 g/mol. The average molecular weight is 479 g/mol. The van der Waals surface area contributed by atoms with E-state index in [1.54, 1.807) is 12.4 Å². The predicted molar refractivity (Wildman–Crippen MR) is 136 cm³/mol. The molecule has 2 aromatic rings. The lowest BCUT2D eigenvalue weighted by Crippen LogP contribution is -2.58. The molecule has 35 heavy (non-hydrogen) atoms. The van der Waals surface area contributed by atoms with Crippen molar-refractivity contribution in [3.8, 4) is 0 Å². The van der Waals surface area contributed by atoms with Gasteiger partial charge in [0.1, 0.15) is 6.10 Å². The SMILES string of the molecule is CC(N/N=C/c1ccc(C2=NOC(CN3CC(C)N(CC(=O)O)C(C)C3)C2)cc1)c1ccncc1. The molecule has 4 rings (SSSR count). The molecular formula is C26H34N6O3. The number of nitrogens with one attached hydrogen (secondary N) is 1. The highest BCUT2D eigenvalue weighted by Gasteiger charge is 2.33. The standard InChI is InChI=1S/C26H34N6O3/c1-18-14-31(15-19(2)32(18)17-26(33)34)16-24-12-25(30-35-24)23-6-4-21(5-7-23)13-28-29-20(3)22-8-10-27-11-9-22/h4-11,13,18-20,24,29H,12,14-17H2,1-3H3,(H,33,34)/b28-13+. The van der Waals surface area contributed by atoms with Gasteiger partial charge in [0.15, 0.2) is 0 Å². The number of carbonyl (C=O) groups is 1. The molecule has 0 radical (unpaired) electrons. The van der Waals surface area contributed by atoms with Crippen molar-refractivity contribution in [2.45, 2.75) is 51.4 Å². The van der Waals surface area contributed by atoms with E-state index in [0.29, 0.717) is 0 Å². The van der Waals surface area contributed by atoms with Crippen molar-refractivity contribution < 1.29 is 14.7 Å². The van der Waals surface area contributed by atoms with Crippen molar-refractivity contribution in [2.24, 2.45) is 10.3 Å². The summed E-state index contributed by atoms with van der Waals surface area (Å²) in [6, 6.07) is 12.6. The van der Waals surface area contributed by atoms with Crippen LogP contribution in [0.4, 0.5) is 0 Å². The van der Waals surface area contributed by atoms with Crippen LogP contribution in [0.15, 0.2) is 59.0 Å². The number of carboxylic acids is 1. The highest BCUT2D eigenvalue weighted by atomic mass is 16.6. The second kappa shape index (κ2) is 11.4. The number of carboxylic acid groups (broad SMARTS) is 1. The van der Waals surface area contributed by atoms with Crippen LogP contribution in [-0.4, -0.2) is 82.2 Å². The van der Waals surface area contributed by atoms with Gasteiger partial charge in [-0.2, -0.15) is 5.10 Å². The molecule has 1 fully saturated rings. The quantitative estimate of drug-likeness (QED) is 0.422. The zero-order chi connectivity index (χ0) is 24.8. The maximum Gasteiger partial charge on any atom is 0.317 e. The summed E-state index contributed by atoms with van der Waals surface area (Å²) in [6.45, 7) is 8.76. The van der Waals surface area contributed by atoms with Crippen molar-refractivity contribution in [2.75, 3.05) is 26.2 Å². The smallest absolute Gasteiger partial charge is 0.317 e. The topological polar surface area (TPSA) is 103 Å². The number of aliphatic carboxylic acids is 1. The Balaban J connectivity index is 1.25. The number of hydrogen-bond acceptors (Lipinski definition) is 8. The number of hydrogen-bond donors (Lipinski definition) is 2. The Hall–Kier alpha value is -3.30. The molecule has 2 aliphatic rings. The Morgan fingerprint density at radius 3 is 2.54 bits per heavy atom. The first-order valence-electron chi connectivity index (χ1n) is 12.1. The van der Waals surface area contributed by atoms with Crippen LogP contribution in [0.2, 0.25) is 0 Å². The van der Waals surface area contributed by atoms with Crippen molar-refractivity contribution in [3.63, 3.8) is 0 Å². The fourth-order valence-corrected chi connectivity index (χ4v) is 4.78. The van der Waals surface area contributed by atoms with E-state index in [-0.39, 0.29) is 30.8 Å². The summed E-state index contributed by atoms with van der Waals surface area (Å²) < 4.78 is 0. The Kier molecular flexibility index (Phi) is 8.09. The molecule has 1 aromatic heterocycles. The molecule has 0 spiro atoms. The molecule has 0 amide bonds. The molecule has 0 aliphatic carbocycles. The summed E-state index contributed by atoms with van der Waals surface area (Å²) in [4.78, 5) is 25.3. The molecule has 2 aliphatic heterocycles. The molecule has 1 aromatic carbocycles. The van der Waals surface area contributed by atoms with Crippen LogP contribution in [-0.2, 0) is 9.63 Å². The fraction of sp³-hybridized carbons (Fsp3) is 0.462. The van der Waals surface area contributed by atoms with E-state index in [9.17, 15) is 4.79 Å². The highest BCUT2D eigenvalue weighted by molar-refractivity contribution is 6.01. The zero-order valence-corrected chi connectivity index (χ0v) is 20.5. The van der Waals surface area contributed by atoms with Crippen LogP contribution in [0.25, 0.3) is 0 Å². The maximum atomic E-state index is 11.1. The number of benzene rings is 1. The summed E-state index contributed by atoms with van der Waals surface area (Å²) >= 11 is 0. The van der Waals surface area contributed by atoms with E-state index in [2.05, 4.69) is 51.2 Å². The maximum absolute atomic E-state index is 11.1. The van der Waals surface area contributed by atoms with Gasteiger partial charge in [0.2, 0.25) is 0 Å². The summed E-state index contributed by atoms with van der Waals surface area (Å²) in [7, 11) is 0. The van der Waals surface area contributed by atoms with Crippen LogP contribution in [0.1, 0.15) is 49.9 Å². The molecular weight excluding hydrogens is 444 g/mol. The molecule has 9 nitrogen and oxygen atoms in total. The second-order valence-corrected chi connectivity index (χ2v) is 9.46. The van der Waals surface area contributed by atoms with E-state index < -0.39 is 5.97 Å². The number of pyridine rings is 1. The molecule has 1 saturated heterocycles. The molecule has 2 N–H and O–H groups in total. The normalized spacial score (nSPS) is 24.2. The largest absolute Gasteiger partial charge is 0.480 e. The van der Waals surface area contributed by atoms with Crippen LogP contribution < -0.4 is 5.43 Å². The number of oxime groups is 1. The Labute approximate surface area is 206 Å². The lowest BCUT2D eigenvalue weighted by Gasteiger charge is -2.44. The lowest BCUT2D eigenvalue weighted by atomic mass is 10.0. The first-order chi connectivity index (χ1) is 16.9. The van der Waals surface area contributed by atoms with Crippen LogP contribution in [0.5, 0.6) is 0 Å². The van der Waals surface area contributed by atoms with Gasteiger partial charge in [0, 0.05) is 50.5 Å². The van der Waals surface area contributed by atoms with Crippen LogP contribution in [0.3, 0.4) is 0 Å². The van der Waals surface area contributed by atoms with Crippen LogP contribution in [0, 0.1) is 0 Å². The zero-order valence-electron chi connectivity index (χ0n) is 20.5. The third-order valence-electron chi connectivity index (χ3n) is 6.62. The van der Waals surface area contributed by atoms with Crippen molar-refractivity contribution in [1.29, 1.82) is 0 Å². The van der Waals surface area contributed by atoms with Crippen molar-refractivity contribution in [1.82, 2.24) is 20.2 Å². The molecule has 3 heterocycles. The minimum absolute atomic E-state index is 0.00976. The van der Waals surface area contributed by atoms with Gasteiger partial charge in [-0.3, -0.25) is 19.6 Å². The van der Waals surface area contributed by atoms with E-state index in [1.165, 1.54) is 0 Å². The molecule has 4 unspecified atom stereocenters. The van der Waals surface area contributed by atoms with Crippen molar-refractivity contribution >= 4 is 17.9 Å². The average Bonchev–Trinajstić information content (AvgIpc) is 3.30. The van der Waals surface area contributed by atoms with Crippen molar-refractivity contribution in [3.05, 3.63) is 65.5 Å². The van der Waals surface area contributed by atoms with E-state index in [0.717, 1.165) is 48.5 Å². The van der Waals surface area contributed by atoms with Gasteiger partial charge < -0.3 is 15.4 Å². The minimum Gasteiger partial charge on any atom is -0.480 e. The first kappa shape index (κ1) is 24.8. The van der Waals surface area contributed by atoms with E-state index in [1.807, 2.05) is 42.6 Å². The van der Waals surface area contributed by atoms with E-state index >= 15 is 0 Å². The summed E-state index contributed by atoms with van der Waals surface area (Å²) in [5.41, 5.74) is 7.28. The number of rotatable bonds is 9. The summed E-state index contributed by atoms with van der Waals surface area (Å²) in [5.74, 6) is -0.776. The summed E-state index contributed by atoms with van der Waals surface area (Å²) in [6.07, 6.45) is 6.13.